The fourth-order valence-corrected chi connectivity index (χ4v) is 3.80. The highest BCUT2D eigenvalue weighted by atomic mass is 35.5. The van der Waals surface area contributed by atoms with Gasteiger partial charge < -0.3 is 20.1 Å². The average molecular weight is 435 g/mol. The van der Waals surface area contributed by atoms with Gasteiger partial charge in [0, 0.05) is 35.5 Å². The van der Waals surface area contributed by atoms with E-state index in [4.69, 9.17) is 26.8 Å². The number of nitrogens with zero attached hydrogens (tertiary/aromatic N) is 1. The molecule has 2 aromatic rings. The number of primary amides is 1. The topological polar surface area (TPSA) is 81.9 Å². The predicted molar refractivity (Wildman–Crippen MR) is 111 cm³/mol. The maximum absolute atomic E-state index is 14.0. The van der Waals surface area contributed by atoms with Crippen molar-refractivity contribution >= 4 is 23.4 Å². The maximum Gasteiger partial charge on any atom is 0.253 e. The number of hydrogen-bond acceptors (Lipinski definition) is 4. The minimum absolute atomic E-state index is 0.0880. The lowest BCUT2D eigenvalue weighted by molar-refractivity contribution is -0.121. The minimum atomic E-state index is -0.584. The molecule has 160 valence electrons. The van der Waals surface area contributed by atoms with Crippen molar-refractivity contribution in [3.05, 3.63) is 58.9 Å². The molecule has 0 unspecified atom stereocenters. The quantitative estimate of drug-likeness (QED) is 0.720. The second-order valence-corrected chi connectivity index (χ2v) is 7.96. The SMILES string of the molecule is COc1ccc(C(=O)N2CCC(COc3ccc(Cl)cc3)(CC(N)=O)CC2)cc1F. The second kappa shape index (κ2) is 9.34. The highest BCUT2D eigenvalue weighted by Gasteiger charge is 2.38. The van der Waals surface area contributed by atoms with Gasteiger partial charge in [-0.2, -0.15) is 0 Å². The number of methoxy groups -OCH3 is 1. The lowest BCUT2D eigenvalue weighted by Gasteiger charge is -2.41. The van der Waals surface area contributed by atoms with E-state index in [0.29, 0.717) is 43.3 Å². The zero-order valence-corrected chi connectivity index (χ0v) is 17.5. The molecule has 2 aromatic carbocycles. The summed E-state index contributed by atoms with van der Waals surface area (Å²) in [7, 11) is 1.37. The van der Waals surface area contributed by atoms with Crippen LogP contribution in [0.5, 0.6) is 11.5 Å². The number of carbonyl (C=O) groups excluding carboxylic acids is 2. The Morgan fingerprint density at radius 2 is 1.83 bits per heavy atom. The lowest BCUT2D eigenvalue weighted by atomic mass is 9.76. The Morgan fingerprint density at radius 3 is 2.40 bits per heavy atom. The smallest absolute Gasteiger partial charge is 0.253 e. The molecule has 0 saturated carbocycles. The number of amides is 2. The highest BCUT2D eigenvalue weighted by molar-refractivity contribution is 6.30. The van der Waals surface area contributed by atoms with Crippen molar-refractivity contribution in [1.82, 2.24) is 4.90 Å². The summed E-state index contributed by atoms with van der Waals surface area (Å²) in [6.07, 6.45) is 1.27. The van der Waals surface area contributed by atoms with Crippen LogP contribution in [-0.4, -0.2) is 43.5 Å². The molecule has 1 fully saturated rings. The van der Waals surface area contributed by atoms with Gasteiger partial charge in [0.05, 0.1) is 13.7 Å². The third-order valence-electron chi connectivity index (χ3n) is 5.42. The van der Waals surface area contributed by atoms with Crippen LogP contribution in [0.3, 0.4) is 0 Å². The van der Waals surface area contributed by atoms with Crippen LogP contribution < -0.4 is 15.2 Å². The van der Waals surface area contributed by atoms with Crippen LogP contribution in [0.4, 0.5) is 4.39 Å². The van der Waals surface area contributed by atoms with E-state index >= 15 is 0 Å². The summed E-state index contributed by atoms with van der Waals surface area (Å²) in [5.41, 5.74) is 5.27. The first-order chi connectivity index (χ1) is 14.3. The molecular weight excluding hydrogens is 411 g/mol. The molecule has 30 heavy (non-hydrogen) atoms. The molecule has 0 atom stereocenters. The number of hydrogen-bond donors (Lipinski definition) is 1. The van der Waals surface area contributed by atoms with Crippen LogP contribution in [0.15, 0.2) is 42.5 Å². The number of rotatable bonds is 7. The molecule has 8 heteroatoms. The van der Waals surface area contributed by atoms with Crippen LogP contribution in [0, 0.1) is 11.2 Å². The largest absolute Gasteiger partial charge is 0.494 e. The number of halogens is 2. The Bertz CT molecular complexity index is 912. The Balaban J connectivity index is 1.66. The summed E-state index contributed by atoms with van der Waals surface area (Å²) in [5.74, 6) is -0.519. The van der Waals surface area contributed by atoms with Gasteiger partial charge in [-0.1, -0.05) is 11.6 Å². The molecule has 0 spiro atoms. The van der Waals surface area contributed by atoms with Gasteiger partial charge in [-0.3, -0.25) is 9.59 Å². The Kier molecular flexibility index (Phi) is 6.82. The monoisotopic (exact) mass is 434 g/mol. The molecule has 0 bridgehead atoms. The van der Waals surface area contributed by atoms with E-state index in [1.54, 1.807) is 35.2 Å². The fraction of sp³-hybridized carbons (Fsp3) is 0.364. The van der Waals surface area contributed by atoms with Gasteiger partial charge >= 0.3 is 0 Å². The van der Waals surface area contributed by atoms with E-state index < -0.39 is 17.1 Å². The van der Waals surface area contributed by atoms with E-state index in [2.05, 4.69) is 0 Å². The molecule has 2 N–H and O–H groups in total. The number of nitrogens with two attached hydrogens (primary N) is 1. The van der Waals surface area contributed by atoms with E-state index in [1.165, 1.54) is 19.2 Å². The maximum atomic E-state index is 14.0. The fourth-order valence-electron chi connectivity index (χ4n) is 3.68. The first-order valence-corrected chi connectivity index (χ1v) is 9.99. The molecule has 0 aliphatic carbocycles. The van der Waals surface area contributed by atoms with Gasteiger partial charge in [-0.15, -0.1) is 0 Å². The molecule has 1 aliphatic heterocycles. The molecule has 0 radical (unpaired) electrons. The lowest BCUT2D eigenvalue weighted by Crippen LogP contribution is -2.47. The summed E-state index contributed by atoms with van der Waals surface area (Å²) < 4.78 is 24.7. The summed E-state index contributed by atoms with van der Waals surface area (Å²) in [5, 5.41) is 0.607. The van der Waals surface area contributed by atoms with Crippen LogP contribution in [0.2, 0.25) is 5.02 Å². The Morgan fingerprint density at radius 1 is 1.17 bits per heavy atom. The van der Waals surface area contributed by atoms with Gasteiger partial charge in [0.25, 0.3) is 5.91 Å². The van der Waals surface area contributed by atoms with E-state index in [9.17, 15) is 14.0 Å². The van der Waals surface area contributed by atoms with Gasteiger partial charge in [-0.05, 0) is 55.3 Å². The molecule has 1 saturated heterocycles. The van der Waals surface area contributed by atoms with Crippen molar-refractivity contribution in [1.29, 1.82) is 0 Å². The number of benzene rings is 2. The van der Waals surface area contributed by atoms with Crippen molar-refractivity contribution in [2.45, 2.75) is 19.3 Å². The summed E-state index contributed by atoms with van der Waals surface area (Å²) in [6.45, 7) is 1.14. The van der Waals surface area contributed by atoms with Gasteiger partial charge in [0.15, 0.2) is 11.6 Å². The third kappa shape index (κ3) is 5.21. The van der Waals surface area contributed by atoms with Crippen molar-refractivity contribution in [3.63, 3.8) is 0 Å². The zero-order chi connectivity index (χ0) is 21.7. The van der Waals surface area contributed by atoms with Crippen molar-refractivity contribution in [2.75, 3.05) is 26.8 Å². The van der Waals surface area contributed by atoms with Crippen LogP contribution in [0.25, 0.3) is 0 Å². The van der Waals surface area contributed by atoms with Gasteiger partial charge in [-0.25, -0.2) is 4.39 Å². The number of likely N-dealkylation sites (tertiary alicyclic amines) is 1. The second-order valence-electron chi connectivity index (χ2n) is 7.53. The number of ether oxygens (including phenoxy) is 2. The van der Waals surface area contributed by atoms with E-state index in [0.717, 1.165) is 0 Å². The molecule has 3 rings (SSSR count). The molecule has 1 aliphatic rings. The van der Waals surface area contributed by atoms with Crippen LogP contribution >= 0.6 is 11.6 Å². The summed E-state index contributed by atoms with van der Waals surface area (Å²) >= 11 is 5.89. The van der Waals surface area contributed by atoms with E-state index in [1.807, 2.05) is 0 Å². The molecule has 2 amide bonds. The highest BCUT2D eigenvalue weighted by Crippen LogP contribution is 2.36. The van der Waals surface area contributed by atoms with Crippen molar-refractivity contribution < 1.29 is 23.5 Å². The molecular formula is C22H24ClFN2O4. The summed E-state index contributed by atoms with van der Waals surface area (Å²) in [4.78, 5) is 26.1. The van der Waals surface area contributed by atoms with E-state index in [-0.39, 0.29) is 23.6 Å². The van der Waals surface area contributed by atoms with Crippen LogP contribution in [0.1, 0.15) is 29.6 Å². The molecule has 0 aromatic heterocycles. The van der Waals surface area contributed by atoms with Gasteiger partial charge in [0.1, 0.15) is 5.75 Å². The first kappa shape index (κ1) is 21.9. The first-order valence-electron chi connectivity index (χ1n) is 9.61. The predicted octanol–water partition coefficient (Wildman–Crippen LogP) is 3.66. The zero-order valence-electron chi connectivity index (χ0n) is 16.7. The Hall–Kier alpha value is -2.80. The number of piperidine rings is 1. The van der Waals surface area contributed by atoms with Crippen LogP contribution in [-0.2, 0) is 4.79 Å². The van der Waals surface area contributed by atoms with Crippen molar-refractivity contribution in [3.8, 4) is 11.5 Å². The standard InChI is InChI=1S/C22H24ClFN2O4/c1-29-19-7-2-15(12-18(19)24)21(28)26-10-8-22(9-11-26,13-20(25)27)14-30-17-5-3-16(23)4-6-17/h2-7,12H,8-11,13-14H2,1H3,(H2,25,27). The van der Waals surface area contributed by atoms with Gasteiger partial charge in [0.2, 0.25) is 5.91 Å². The molecule has 6 nitrogen and oxygen atoms in total. The third-order valence-corrected chi connectivity index (χ3v) is 5.67. The molecule has 1 heterocycles. The van der Waals surface area contributed by atoms with Crippen molar-refractivity contribution in [2.24, 2.45) is 11.1 Å². The average Bonchev–Trinajstić information content (AvgIpc) is 2.73. The summed E-state index contributed by atoms with van der Waals surface area (Å²) in [6, 6.07) is 11.1. The normalized spacial score (nSPS) is 15.5. The minimum Gasteiger partial charge on any atom is -0.494 e. The number of carbonyl (C=O) groups is 2. The Labute approximate surface area is 179 Å².